The molecule has 0 aliphatic carbocycles. The molecule has 0 rings (SSSR count). The summed E-state index contributed by atoms with van der Waals surface area (Å²) in [7, 11) is 0.392. The molecule has 0 bridgehead atoms. The fraction of sp³-hybridized carbons (Fsp3) is 0.900. The van der Waals surface area contributed by atoms with Crippen molar-refractivity contribution in [3.8, 4) is 0 Å². The van der Waals surface area contributed by atoms with Gasteiger partial charge in [0.15, 0.2) is 0 Å². The van der Waals surface area contributed by atoms with Crippen LogP contribution in [0.5, 0.6) is 0 Å². The summed E-state index contributed by atoms with van der Waals surface area (Å²) in [5.74, 6) is 0.177. The van der Waals surface area contributed by atoms with E-state index in [2.05, 4.69) is 5.32 Å². The van der Waals surface area contributed by atoms with E-state index in [-0.39, 0.29) is 23.7 Å². The van der Waals surface area contributed by atoms with Crippen LogP contribution in [0.2, 0.25) is 0 Å². The fourth-order valence-electron chi connectivity index (χ4n) is 1.17. The van der Waals surface area contributed by atoms with E-state index in [0.717, 1.165) is 6.42 Å². The third kappa shape index (κ3) is 7.78. The standard InChI is InChI=1S/C10H22N2O3S/c1-4-9(11)6-16(14)7-10(13)12-8(2)5-15-3/h8-9H,4-7,11H2,1-3H3,(H,12,13). The van der Waals surface area contributed by atoms with Gasteiger partial charge in [0.25, 0.3) is 0 Å². The lowest BCUT2D eigenvalue weighted by atomic mass is 10.3. The Kier molecular flexibility index (Phi) is 8.42. The van der Waals surface area contributed by atoms with Gasteiger partial charge in [-0.15, -0.1) is 0 Å². The Balaban J connectivity index is 3.82. The first-order valence-electron chi connectivity index (χ1n) is 5.38. The number of hydrogen-bond donors (Lipinski definition) is 2. The van der Waals surface area contributed by atoms with Crippen LogP contribution in [0.1, 0.15) is 20.3 Å². The van der Waals surface area contributed by atoms with E-state index in [1.807, 2.05) is 13.8 Å². The average Bonchev–Trinajstić information content (AvgIpc) is 2.16. The van der Waals surface area contributed by atoms with Gasteiger partial charge in [-0.05, 0) is 13.3 Å². The van der Waals surface area contributed by atoms with Crippen LogP contribution in [0.15, 0.2) is 0 Å². The number of ether oxygens (including phenoxy) is 1. The maximum Gasteiger partial charge on any atom is 0.232 e. The Bertz CT molecular complexity index is 236. The first kappa shape index (κ1) is 15.5. The molecule has 0 heterocycles. The molecular weight excluding hydrogens is 228 g/mol. The Morgan fingerprint density at radius 2 is 2.19 bits per heavy atom. The van der Waals surface area contributed by atoms with Gasteiger partial charge in [0.05, 0.1) is 6.61 Å². The largest absolute Gasteiger partial charge is 0.383 e. The van der Waals surface area contributed by atoms with E-state index in [1.165, 1.54) is 0 Å². The summed E-state index contributed by atoms with van der Waals surface area (Å²) in [4.78, 5) is 11.4. The second-order valence-electron chi connectivity index (χ2n) is 3.84. The molecular formula is C10H22N2O3S. The Morgan fingerprint density at radius 1 is 1.56 bits per heavy atom. The van der Waals surface area contributed by atoms with Gasteiger partial charge >= 0.3 is 0 Å². The van der Waals surface area contributed by atoms with Gasteiger partial charge in [-0.25, -0.2) is 0 Å². The molecule has 0 aromatic heterocycles. The number of carbonyl (C=O) groups is 1. The van der Waals surface area contributed by atoms with Crippen LogP contribution in [0.25, 0.3) is 0 Å². The van der Waals surface area contributed by atoms with Crippen molar-refractivity contribution in [1.82, 2.24) is 5.32 Å². The van der Waals surface area contributed by atoms with Gasteiger partial charge in [-0.3, -0.25) is 9.00 Å². The second-order valence-corrected chi connectivity index (χ2v) is 5.34. The summed E-state index contributed by atoms with van der Waals surface area (Å²) in [6.45, 7) is 4.22. The molecule has 3 atom stereocenters. The number of nitrogens with two attached hydrogens (primary N) is 1. The van der Waals surface area contributed by atoms with Crippen molar-refractivity contribution in [2.24, 2.45) is 5.73 Å². The van der Waals surface area contributed by atoms with Crippen LogP contribution in [-0.2, 0) is 20.3 Å². The van der Waals surface area contributed by atoms with Crippen molar-refractivity contribution in [3.05, 3.63) is 0 Å². The molecule has 3 unspecified atom stereocenters. The van der Waals surface area contributed by atoms with Gasteiger partial charge in [0.1, 0.15) is 5.75 Å². The summed E-state index contributed by atoms with van der Waals surface area (Å²) in [6, 6.07) is -0.153. The zero-order valence-corrected chi connectivity index (χ0v) is 11.0. The van der Waals surface area contributed by atoms with Crippen molar-refractivity contribution in [2.75, 3.05) is 25.2 Å². The quantitative estimate of drug-likeness (QED) is 0.615. The maximum absolute atomic E-state index is 11.5. The third-order valence-corrected chi connectivity index (χ3v) is 3.42. The minimum atomic E-state index is -1.18. The second kappa shape index (κ2) is 8.66. The van der Waals surface area contributed by atoms with Crippen LogP contribution < -0.4 is 11.1 Å². The van der Waals surface area contributed by atoms with Crippen LogP contribution in [0.3, 0.4) is 0 Å². The molecule has 0 saturated heterocycles. The minimum Gasteiger partial charge on any atom is -0.383 e. The molecule has 96 valence electrons. The molecule has 0 saturated carbocycles. The number of methoxy groups -OCH3 is 1. The first-order chi connectivity index (χ1) is 7.49. The van der Waals surface area contributed by atoms with Gasteiger partial charge in [-0.1, -0.05) is 6.92 Å². The molecule has 16 heavy (non-hydrogen) atoms. The topological polar surface area (TPSA) is 81.4 Å². The van der Waals surface area contributed by atoms with E-state index in [4.69, 9.17) is 10.5 Å². The Labute approximate surface area is 99.6 Å². The lowest BCUT2D eigenvalue weighted by Gasteiger charge is -2.13. The highest BCUT2D eigenvalue weighted by Gasteiger charge is 2.12. The molecule has 0 spiro atoms. The number of carbonyl (C=O) groups excluding carboxylic acids is 1. The highest BCUT2D eigenvalue weighted by Crippen LogP contribution is 1.92. The van der Waals surface area contributed by atoms with Crippen LogP contribution in [0, 0.1) is 0 Å². The lowest BCUT2D eigenvalue weighted by Crippen LogP contribution is -2.39. The van der Waals surface area contributed by atoms with Gasteiger partial charge in [0, 0.05) is 35.7 Å². The van der Waals surface area contributed by atoms with Gasteiger partial charge in [0.2, 0.25) is 5.91 Å². The van der Waals surface area contributed by atoms with E-state index in [9.17, 15) is 9.00 Å². The number of rotatable bonds is 8. The van der Waals surface area contributed by atoms with E-state index < -0.39 is 10.8 Å². The van der Waals surface area contributed by atoms with Crippen molar-refractivity contribution < 1.29 is 13.7 Å². The zero-order chi connectivity index (χ0) is 12.6. The fourth-order valence-corrected chi connectivity index (χ4v) is 2.38. The van der Waals surface area contributed by atoms with E-state index in [1.54, 1.807) is 7.11 Å². The summed E-state index contributed by atoms with van der Waals surface area (Å²) in [5, 5.41) is 2.71. The maximum atomic E-state index is 11.5. The predicted molar refractivity (Wildman–Crippen MR) is 65.6 cm³/mol. The van der Waals surface area contributed by atoms with E-state index in [0.29, 0.717) is 12.4 Å². The molecule has 0 aromatic carbocycles. The molecule has 0 radical (unpaired) electrons. The predicted octanol–water partition coefficient (Wildman–Crippen LogP) is -0.376. The molecule has 0 aliphatic rings. The minimum absolute atomic E-state index is 0.0156. The van der Waals surface area contributed by atoms with Gasteiger partial charge in [-0.2, -0.15) is 0 Å². The van der Waals surface area contributed by atoms with Gasteiger partial charge < -0.3 is 15.8 Å². The third-order valence-electron chi connectivity index (χ3n) is 2.04. The molecule has 3 N–H and O–H groups in total. The molecule has 0 aliphatic heterocycles. The van der Waals surface area contributed by atoms with Crippen molar-refractivity contribution in [2.45, 2.75) is 32.4 Å². The summed E-state index contributed by atoms with van der Waals surface area (Å²) >= 11 is 0. The molecule has 6 heteroatoms. The smallest absolute Gasteiger partial charge is 0.232 e. The molecule has 1 amide bonds. The summed E-state index contributed by atoms with van der Waals surface area (Å²) in [6.07, 6.45) is 0.771. The van der Waals surface area contributed by atoms with Crippen LogP contribution in [0.4, 0.5) is 0 Å². The van der Waals surface area contributed by atoms with Crippen molar-refractivity contribution in [3.63, 3.8) is 0 Å². The van der Waals surface area contributed by atoms with E-state index >= 15 is 0 Å². The summed E-state index contributed by atoms with van der Waals surface area (Å²) < 4.78 is 16.4. The zero-order valence-electron chi connectivity index (χ0n) is 10.2. The number of hydrogen-bond acceptors (Lipinski definition) is 4. The van der Waals surface area contributed by atoms with Crippen molar-refractivity contribution in [1.29, 1.82) is 0 Å². The highest BCUT2D eigenvalue weighted by molar-refractivity contribution is 7.85. The molecule has 0 aromatic rings. The average molecular weight is 250 g/mol. The highest BCUT2D eigenvalue weighted by atomic mass is 32.2. The Hall–Kier alpha value is -0.460. The normalized spacial score (nSPS) is 16.5. The number of nitrogens with one attached hydrogen (secondary N) is 1. The molecule has 0 fully saturated rings. The lowest BCUT2D eigenvalue weighted by molar-refractivity contribution is -0.119. The molecule has 5 nitrogen and oxygen atoms in total. The van der Waals surface area contributed by atoms with Crippen molar-refractivity contribution >= 4 is 16.7 Å². The van der Waals surface area contributed by atoms with Crippen LogP contribution in [-0.4, -0.2) is 47.4 Å². The van der Waals surface area contributed by atoms with Crippen LogP contribution >= 0.6 is 0 Å². The number of amides is 1. The first-order valence-corrected chi connectivity index (χ1v) is 6.87. The summed E-state index contributed by atoms with van der Waals surface area (Å²) in [5.41, 5.74) is 5.65. The Morgan fingerprint density at radius 3 is 2.69 bits per heavy atom. The monoisotopic (exact) mass is 250 g/mol. The SMILES string of the molecule is CCC(N)CS(=O)CC(=O)NC(C)COC.